The molecule has 106 valence electrons. The summed E-state index contributed by atoms with van der Waals surface area (Å²) in [5.41, 5.74) is 0.0570. The first-order chi connectivity index (χ1) is 9.60. The number of rotatable bonds is 1. The van der Waals surface area contributed by atoms with Crippen LogP contribution in [0.2, 0.25) is 0 Å². The number of pyridine rings is 1. The minimum absolute atomic E-state index is 0.00927. The van der Waals surface area contributed by atoms with Crippen LogP contribution in [0.5, 0.6) is 0 Å². The maximum absolute atomic E-state index is 13.6. The average molecular weight is 277 g/mol. The number of nitrogens with one attached hydrogen (secondary N) is 1. The highest BCUT2D eigenvalue weighted by molar-refractivity contribution is 5.94. The fourth-order valence-corrected chi connectivity index (χ4v) is 3.01. The fraction of sp³-hybridized carbons (Fsp3) is 0.500. The van der Waals surface area contributed by atoms with Gasteiger partial charge in [-0.05, 0) is 24.3 Å². The van der Waals surface area contributed by atoms with Gasteiger partial charge < -0.3 is 10.2 Å². The fourth-order valence-electron chi connectivity index (χ4n) is 3.01. The molecule has 1 aromatic heterocycles. The van der Waals surface area contributed by atoms with Gasteiger partial charge in [0.15, 0.2) is 5.82 Å². The van der Waals surface area contributed by atoms with Gasteiger partial charge in [0.2, 0.25) is 5.91 Å². The lowest BCUT2D eigenvalue weighted by atomic mass is 9.77. The van der Waals surface area contributed by atoms with E-state index >= 15 is 0 Å². The molecule has 1 aromatic rings. The molecule has 0 aromatic carbocycles. The molecule has 6 heteroatoms. The zero-order valence-corrected chi connectivity index (χ0v) is 11.1. The number of amides is 2. The highest BCUT2D eigenvalue weighted by Crippen LogP contribution is 2.37. The Bertz CT molecular complexity index is 553. The zero-order valence-electron chi connectivity index (χ0n) is 11.1. The van der Waals surface area contributed by atoms with Crippen molar-refractivity contribution in [3.05, 3.63) is 29.8 Å². The third-order valence-electron chi connectivity index (χ3n) is 4.31. The number of halogens is 1. The molecule has 5 nitrogen and oxygen atoms in total. The Morgan fingerprint density at radius 1 is 1.40 bits per heavy atom. The Morgan fingerprint density at radius 2 is 2.15 bits per heavy atom. The molecular weight excluding hydrogens is 261 g/mol. The third-order valence-corrected chi connectivity index (χ3v) is 4.31. The molecule has 0 atom stereocenters. The molecule has 0 radical (unpaired) electrons. The Balaban J connectivity index is 1.68. The van der Waals surface area contributed by atoms with Crippen LogP contribution in [0.3, 0.4) is 0 Å². The number of hydrogen-bond acceptors (Lipinski definition) is 3. The van der Waals surface area contributed by atoms with Gasteiger partial charge in [0.05, 0.1) is 11.8 Å². The van der Waals surface area contributed by atoms with Gasteiger partial charge in [-0.15, -0.1) is 0 Å². The SMILES string of the molecule is O=C1CC2(CCN(C(=O)c3ccncc3F)CC2)CN1. The molecule has 0 saturated carbocycles. The molecule has 2 amide bonds. The van der Waals surface area contributed by atoms with Gasteiger partial charge >= 0.3 is 0 Å². The Hall–Kier alpha value is -1.98. The molecule has 0 aliphatic carbocycles. The van der Waals surface area contributed by atoms with Crippen molar-refractivity contribution >= 4 is 11.8 Å². The summed E-state index contributed by atoms with van der Waals surface area (Å²) in [6.45, 7) is 1.82. The number of piperidine rings is 1. The van der Waals surface area contributed by atoms with Crippen LogP contribution in [-0.4, -0.2) is 41.3 Å². The van der Waals surface area contributed by atoms with Crippen LogP contribution in [0.1, 0.15) is 29.6 Å². The zero-order chi connectivity index (χ0) is 14.2. The predicted octanol–water partition coefficient (Wildman–Crippen LogP) is 0.963. The van der Waals surface area contributed by atoms with Gasteiger partial charge in [0.1, 0.15) is 0 Å². The van der Waals surface area contributed by atoms with Gasteiger partial charge in [0, 0.05) is 32.3 Å². The van der Waals surface area contributed by atoms with Crippen LogP contribution in [0.15, 0.2) is 18.5 Å². The summed E-state index contributed by atoms with van der Waals surface area (Å²) in [5, 5.41) is 2.85. The number of carbonyl (C=O) groups excluding carboxylic acids is 2. The number of nitrogens with zero attached hydrogens (tertiary/aromatic N) is 2. The van der Waals surface area contributed by atoms with Crippen LogP contribution in [-0.2, 0) is 4.79 Å². The first kappa shape index (κ1) is 13.0. The third kappa shape index (κ3) is 2.26. The first-order valence-corrected chi connectivity index (χ1v) is 6.75. The van der Waals surface area contributed by atoms with Crippen molar-refractivity contribution in [2.24, 2.45) is 5.41 Å². The van der Waals surface area contributed by atoms with Crippen molar-refractivity contribution in [2.45, 2.75) is 19.3 Å². The molecule has 3 rings (SSSR count). The lowest BCUT2D eigenvalue weighted by Gasteiger charge is -2.38. The normalized spacial score (nSPS) is 21.1. The summed E-state index contributed by atoms with van der Waals surface area (Å²) < 4.78 is 13.6. The van der Waals surface area contributed by atoms with Crippen LogP contribution in [0.25, 0.3) is 0 Å². The van der Waals surface area contributed by atoms with E-state index < -0.39 is 5.82 Å². The molecule has 2 aliphatic rings. The monoisotopic (exact) mass is 277 g/mol. The van der Waals surface area contributed by atoms with E-state index in [4.69, 9.17) is 0 Å². The Labute approximate surface area is 116 Å². The Kier molecular flexibility index (Phi) is 3.16. The first-order valence-electron chi connectivity index (χ1n) is 6.75. The summed E-state index contributed by atoms with van der Waals surface area (Å²) in [5.74, 6) is -0.794. The second-order valence-electron chi connectivity index (χ2n) is 5.60. The van der Waals surface area contributed by atoms with Crippen molar-refractivity contribution in [3.8, 4) is 0 Å². The van der Waals surface area contributed by atoms with Gasteiger partial charge in [-0.2, -0.15) is 0 Å². The van der Waals surface area contributed by atoms with E-state index in [0.717, 1.165) is 19.0 Å². The number of carbonyl (C=O) groups is 2. The van der Waals surface area contributed by atoms with Crippen molar-refractivity contribution < 1.29 is 14.0 Å². The Morgan fingerprint density at radius 3 is 2.75 bits per heavy atom. The molecule has 0 unspecified atom stereocenters. The van der Waals surface area contributed by atoms with E-state index in [1.165, 1.54) is 12.3 Å². The van der Waals surface area contributed by atoms with Crippen LogP contribution in [0.4, 0.5) is 4.39 Å². The number of hydrogen-bond donors (Lipinski definition) is 1. The minimum Gasteiger partial charge on any atom is -0.356 e. The van der Waals surface area contributed by atoms with Crippen LogP contribution < -0.4 is 5.32 Å². The van der Waals surface area contributed by atoms with Crippen LogP contribution in [0, 0.1) is 11.2 Å². The van der Waals surface area contributed by atoms with Crippen molar-refractivity contribution in [2.75, 3.05) is 19.6 Å². The minimum atomic E-state index is -0.588. The lowest BCUT2D eigenvalue weighted by Crippen LogP contribution is -2.44. The van der Waals surface area contributed by atoms with Crippen molar-refractivity contribution in [3.63, 3.8) is 0 Å². The van der Waals surface area contributed by atoms with E-state index in [0.29, 0.717) is 26.1 Å². The highest BCUT2D eigenvalue weighted by atomic mass is 19.1. The van der Waals surface area contributed by atoms with Crippen molar-refractivity contribution in [1.82, 2.24) is 15.2 Å². The van der Waals surface area contributed by atoms with E-state index in [1.807, 2.05) is 0 Å². The van der Waals surface area contributed by atoms with E-state index in [2.05, 4.69) is 10.3 Å². The van der Waals surface area contributed by atoms with Crippen LogP contribution >= 0.6 is 0 Å². The summed E-state index contributed by atoms with van der Waals surface area (Å²) in [4.78, 5) is 28.9. The summed E-state index contributed by atoms with van der Waals surface area (Å²) in [6, 6.07) is 1.41. The summed E-state index contributed by atoms with van der Waals surface area (Å²) in [6.07, 6.45) is 4.58. The second kappa shape index (κ2) is 4.85. The predicted molar refractivity (Wildman–Crippen MR) is 69.4 cm³/mol. The topological polar surface area (TPSA) is 62.3 Å². The van der Waals surface area contributed by atoms with Gasteiger partial charge in [-0.3, -0.25) is 14.6 Å². The molecule has 3 heterocycles. The van der Waals surface area contributed by atoms with Gasteiger partial charge in [-0.1, -0.05) is 0 Å². The standard InChI is InChI=1S/C14H16FN3O2/c15-11-8-16-4-1-10(11)13(20)18-5-2-14(3-6-18)7-12(19)17-9-14/h1,4,8H,2-3,5-7,9H2,(H,17,19). The summed E-state index contributed by atoms with van der Waals surface area (Å²) in [7, 11) is 0. The van der Waals surface area contributed by atoms with Crippen molar-refractivity contribution in [1.29, 1.82) is 0 Å². The van der Waals surface area contributed by atoms with Gasteiger partial charge in [-0.25, -0.2) is 4.39 Å². The molecule has 0 bridgehead atoms. The van der Waals surface area contributed by atoms with E-state index in [-0.39, 0.29) is 22.8 Å². The van der Waals surface area contributed by atoms with E-state index in [1.54, 1.807) is 4.90 Å². The van der Waals surface area contributed by atoms with Gasteiger partial charge in [0.25, 0.3) is 5.91 Å². The molecule has 20 heavy (non-hydrogen) atoms. The second-order valence-corrected chi connectivity index (χ2v) is 5.60. The molecule has 1 N–H and O–H groups in total. The number of likely N-dealkylation sites (tertiary alicyclic amines) is 1. The number of aromatic nitrogens is 1. The quantitative estimate of drug-likeness (QED) is 0.831. The largest absolute Gasteiger partial charge is 0.356 e. The van der Waals surface area contributed by atoms with E-state index in [9.17, 15) is 14.0 Å². The summed E-state index contributed by atoms with van der Waals surface area (Å²) >= 11 is 0. The molecule has 2 fully saturated rings. The maximum Gasteiger partial charge on any atom is 0.256 e. The smallest absolute Gasteiger partial charge is 0.256 e. The average Bonchev–Trinajstić information content (AvgIpc) is 2.81. The molecule has 1 spiro atoms. The lowest BCUT2D eigenvalue weighted by molar-refractivity contribution is -0.119. The molecule has 2 saturated heterocycles. The highest BCUT2D eigenvalue weighted by Gasteiger charge is 2.41. The molecule has 2 aliphatic heterocycles. The maximum atomic E-state index is 13.6. The molecular formula is C14H16FN3O2.